The van der Waals surface area contributed by atoms with Crippen molar-refractivity contribution in [3.05, 3.63) is 16.4 Å². The van der Waals surface area contributed by atoms with Crippen LogP contribution in [0.2, 0.25) is 5.02 Å². The summed E-state index contributed by atoms with van der Waals surface area (Å²) in [5, 5.41) is 8.57. The van der Waals surface area contributed by atoms with E-state index < -0.39 is 0 Å². The highest BCUT2D eigenvalue weighted by molar-refractivity contribution is 6.31. The molecule has 0 bridgehead atoms. The van der Waals surface area contributed by atoms with Crippen LogP contribution in [0.15, 0.2) is 0 Å². The molecule has 1 aromatic heterocycles. The zero-order chi connectivity index (χ0) is 13.5. The lowest BCUT2D eigenvalue weighted by Gasteiger charge is -2.16. The summed E-state index contributed by atoms with van der Waals surface area (Å²) in [6.07, 6.45) is 2.73. The number of aromatic nitrogens is 2. The number of rotatable bonds is 8. The third-order valence-electron chi connectivity index (χ3n) is 3.17. The number of halogens is 1. The second-order valence-corrected chi connectivity index (χ2v) is 4.74. The highest BCUT2D eigenvalue weighted by atomic mass is 35.5. The molecule has 1 aromatic rings. The van der Waals surface area contributed by atoms with E-state index in [1.54, 1.807) is 0 Å². The second kappa shape index (κ2) is 7.77. The topological polar surface area (TPSA) is 39.1 Å². The maximum absolute atomic E-state index is 6.35. The molecule has 1 atom stereocenters. The van der Waals surface area contributed by atoms with Gasteiger partial charge in [0, 0.05) is 32.7 Å². The van der Waals surface area contributed by atoms with Crippen molar-refractivity contribution >= 4 is 11.6 Å². The molecule has 0 saturated heterocycles. The van der Waals surface area contributed by atoms with Crippen LogP contribution >= 0.6 is 11.6 Å². The first-order valence-corrected chi connectivity index (χ1v) is 6.97. The lowest BCUT2D eigenvalue weighted by atomic mass is 10.1. The first-order valence-electron chi connectivity index (χ1n) is 6.59. The Morgan fingerprint density at radius 1 is 1.44 bits per heavy atom. The average molecular weight is 274 g/mol. The van der Waals surface area contributed by atoms with E-state index in [1.165, 1.54) is 0 Å². The van der Waals surface area contributed by atoms with Gasteiger partial charge in [0.1, 0.15) is 0 Å². The van der Waals surface area contributed by atoms with Gasteiger partial charge < -0.3 is 10.1 Å². The molecule has 104 valence electrons. The molecule has 0 aliphatic carbocycles. The van der Waals surface area contributed by atoms with E-state index in [0.717, 1.165) is 48.9 Å². The van der Waals surface area contributed by atoms with E-state index in [1.807, 2.05) is 25.7 Å². The monoisotopic (exact) mass is 273 g/mol. The Morgan fingerprint density at radius 3 is 2.67 bits per heavy atom. The minimum absolute atomic E-state index is 0.370. The second-order valence-electron chi connectivity index (χ2n) is 4.36. The van der Waals surface area contributed by atoms with Gasteiger partial charge in [0.15, 0.2) is 0 Å². The van der Waals surface area contributed by atoms with E-state index in [-0.39, 0.29) is 0 Å². The van der Waals surface area contributed by atoms with Gasteiger partial charge in [-0.15, -0.1) is 0 Å². The molecule has 4 nitrogen and oxygen atoms in total. The SMILES string of the molecule is CCOCCC(Cc1c(Cl)c(CC)nn1C)NC. The number of nitrogens with one attached hydrogen (secondary N) is 1. The van der Waals surface area contributed by atoms with E-state index in [9.17, 15) is 0 Å². The van der Waals surface area contributed by atoms with Crippen LogP contribution in [0.25, 0.3) is 0 Å². The van der Waals surface area contributed by atoms with Crippen molar-refractivity contribution in [3.63, 3.8) is 0 Å². The molecule has 0 saturated carbocycles. The molecule has 0 fully saturated rings. The third kappa shape index (κ3) is 3.97. The van der Waals surface area contributed by atoms with Crippen LogP contribution in [0.3, 0.4) is 0 Å². The Hall–Kier alpha value is -0.580. The molecule has 1 N–H and O–H groups in total. The quantitative estimate of drug-likeness (QED) is 0.738. The van der Waals surface area contributed by atoms with Gasteiger partial charge in [-0.3, -0.25) is 4.68 Å². The zero-order valence-electron chi connectivity index (χ0n) is 11.8. The lowest BCUT2D eigenvalue weighted by molar-refractivity contribution is 0.137. The molecule has 0 aliphatic heterocycles. The van der Waals surface area contributed by atoms with Crippen molar-refractivity contribution in [1.82, 2.24) is 15.1 Å². The summed E-state index contributed by atoms with van der Waals surface area (Å²) in [4.78, 5) is 0. The van der Waals surface area contributed by atoms with Crippen LogP contribution in [0.5, 0.6) is 0 Å². The zero-order valence-corrected chi connectivity index (χ0v) is 12.5. The lowest BCUT2D eigenvalue weighted by Crippen LogP contribution is -2.30. The first-order chi connectivity index (χ1) is 8.63. The third-order valence-corrected chi connectivity index (χ3v) is 3.60. The number of hydrogen-bond acceptors (Lipinski definition) is 3. The van der Waals surface area contributed by atoms with Gasteiger partial charge in [-0.1, -0.05) is 18.5 Å². The average Bonchev–Trinajstić information content (AvgIpc) is 2.64. The van der Waals surface area contributed by atoms with Crippen molar-refractivity contribution in [2.75, 3.05) is 20.3 Å². The number of aryl methyl sites for hydroxylation is 2. The van der Waals surface area contributed by atoms with Gasteiger partial charge in [-0.2, -0.15) is 5.10 Å². The molecule has 0 radical (unpaired) electrons. The van der Waals surface area contributed by atoms with Crippen LogP contribution in [0.4, 0.5) is 0 Å². The van der Waals surface area contributed by atoms with Crippen LogP contribution in [0.1, 0.15) is 31.7 Å². The van der Waals surface area contributed by atoms with Crippen molar-refractivity contribution in [2.45, 2.75) is 39.2 Å². The molecule has 18 heavy (non-hydrogen) atoms. The number of hydrogen-bond donors (Lipinski definition) is 1. The van der Waals surface area contributed by atoms with E-state index in [4.69, 9.17) is 16.3 Å². The molecule has 5 heteroatoms. The van der Waals surface area contributed by atoms with Crippen molar-refractivity contribution in [1.29, 1.82) is 0 Å². The fourth-order valence-corrected chi connectivity index (χ4v) is 2.36. The Labute approximate surface area is 115 Å². The van der Waals surface area contributed by atoms with Crippen molar-refractivity contribution < 1.29 is 4.74 Å². The number of ether oxygens (including phenoxy) is 1. The predicted molar refractivity (Wildman–Crippen MR) is 75.3 cm³/mol. The molecule has 0 aromatic carbocycles. The van der Waals surface area contributed by atoms with Gasteiger partial charge in [0.25, 0.3) is 0 Å². The summed E-state index contributed by atoms with van der Waals surface area (Å²) in [6.45, 7) is 5.63. The number of likely N-dealkylation sites (N-methyl/N-ethyl adjacent to an activating group) is 1. The molecule has 1 rings (SSSR count). The van der Waals surface area contributed by atoms with E-state index in [0.29, 0.717) is 6.04 Å². The maximum atomic E-state index is 6.35. The summed E-state index contributed by atoms with van der Waals surface area (Å²) < 4.78 is 7.29. The van der Waals surface area contributed by atoms with Crippen molar-refractivity contribution in [2.24, 2.45) is 7.05 Å². The summed E-state index contributed by atoms with van der Waals surface area (Å²) in [7, 11) is 3.93. The molecule has 0 spiro atoms. The number of nitrogens with zero attached hydrogens (tertiary/aromatic N) is 2. The smallest absolute Gasteiger partial charge is 0.0850 e. The molecule has 1 heterocycles. The Balaban J connectivity index is 2.66. The van der Waals surface area contributed by atoms with E-state index in [2.05, 4.69) is 17.3 Å². The molecule has 0 amide bonds. The minimum Gasteiger partial charge on any atom is -0.382 e. The molecule has 0 aliphatic rings. The highest BCUT2D eigenvalue weighted by Gasteiger charge is 2.16. The van der Waals surface area contributed by atoms with Gasteiger partial charge in [0.2, 0.25) is 0 Å². The minimum atomic E-state index is 0.370. The summed E-state index contributed by atoms with van der Waals surface area (Å²) in [6, 6.07) is 0.370. The Kier molecular flexibility index (Phi) is 6.68. The van der Waals surface area contributed by atoms with Gasteiger partial charge in [-0.05, 0) is 26.8 Å². The fourth-order valence-electron chi connectivity index (χ4n) is 1.99. The van der Waals surface area contributed by atoms with Gasteiger partial charge in [-0.25, -0.2) is 0 Å². The first kappa shape index (κ1) is 15.5. The van der Waals surface area contributed by atoms with Crippen LogP contribution < -0.4 is 5.32 Å². The molecule has 1 unspecified atom stereocenters. The molecular weight excluding hydrogens is 250 g/mol. The van der Waals surface area contributed by atoms with Crippen LogP contribution in [-0.4, -0.2) is 36.1 Å². The Bertz CT molecular complexity index is 365. The Morgan fingerprint density at radius 2 is 2.17 bits per heavy atom. The van der Waals surface area contributed by atoms with E-state index >= 15 is 0 Å². The fraction of sp³-hybridized carbons (Fsp3) is 0.769. The normalized spacial score (nSPS) is 12.9. The van der Waals surface area contributed by atoms with Crippen molar-refractivity contribution in [3.8, 4) is 0 Å². The summed E-state index contributed by atoms with van der Waals surface area (Å²) in [5.74, 6) is 0. The van der Waals surface area contributed by atoms with Gasteiger partial charge >= 0.3 is 0 Å². The summed E-state index contributed by atoms with van der Waals surface area (Å²) in [5.41, 5.74) is 2.08. The molecular formula is C13H24ClN3O. The largest absolute Gasteiger partial charge is 0.382 e. The predicted octanol–water partition coefficient (Wildman–Crippen LogP) is 2.19. The highest BCUT2D eigenvalue weighted by Crippen LogP contribution is 2.22. The van der Waals surface area contributed by atoms with Crippen LogP contribution in [0, 0.1) is 0 Å². The van der Waals surface area contributed by atoms with Crippen LogP contribution in [-0.2, 0) is 24.6 Å². The summed E-state index contributed by atoms with van der Waals surface area (Å²) >= 11 is 6.35. The maximum Gasteiger partial charge on any atom is 0.0850 e. The standard InChI is InChI=1S/C13H24ClN3O/c1-5-11-13(14)12(17(4)16-11)9-10(15-3)7-8-18-6-2/h10,15H,5-9H2,1-4H3. The van der Waals surface area contributed by atoms with Gasteiger partial charge in [0.05, 0.1) is 16.4 Å².